The first kappa shape index (κ1) is 30.1. The minimum absolute atomic E-state index is 0.0811. The second kappa shape index (κ2) is 15.8. The lowest BCUT2D eigenvalue weighted by Crippen LogP contribution is -2.39. The van der Waals surface area contributed by atoms with Gasteiger partial charge in [0.15, 0.2) is 0 Å². The van der Waals surface area contributed by atoms with E-state index in [1.54, 1.807) is 24.3 Å². The van der Waals surface area contributed by atoms with Gasteiger partial charge in [-0.15, -0.1) is 46.4 Å². The van der Waals surface area contributed by atoms with Gasteiger partial charge >= 0.3 is 0 Å². The van der Waals surface area contributed by atoms with Crippen molar-refractivity contribution in [1.82, 2.24) is 0 Å². The van der Waals surface area contributed by atoms with E-state index in [9.17, 15) is 20.4 Å². The van der Waals surface area contributed by atoms with Crippen LogP contribution in [0.3, 0.4) is 0 Å². The third kappa shape index (κ3) is 10.4. The lowest BCUT2D eigenvalue weighted by molar-refractivity contribution is 0.180. The Hall–Kier alpha value is -1.16. The fraction of sp³-hybridized carbons (Fsp3) is 0.500. The van der Waals surface area contributed by atoms with Crippen LogP contribution in [0.15, 0.2) is 48.5 Å². The van der Waals surface area contributed by atoms with Crippen LogP contribution in [0.5, 0.6) is 11.5 Å². The van der Waals surface area contributed by atoms with E-state index < -0.39 is 24.4 Å². The number of aliphatic hydroxyl groups excluding tert-OH is 4. The molecule has 0 bridgehead atoms. The Bertz CT molecular complexity index is 753. The number of hydrogen-bond donors (Lipinski definition) is 4. The number of alkyl halides is 4. The molecule has 4 unspecified atom stereocenters. The molecule has 2 rings (SSSR count). The Morgan fingerprint density at radius 2 is 0.771 bits per heavy atom. The summed E-state index contributed by atoms with van der Waals surface area (Å²) < 4.78 is 5.94. The van der Waals surface area contributed by atoms with Gasteiger partial charge in [0.05, 0.1) is 47.9 Å². The lowest BCUT2D eigenvalue weighted by Gasteiger charge is -2.29. The molecule has 0 radical (unpaired) electrons. The number of hydrogen-bond acceptors (Lipinski definition) is 7. The minimum Gasteiger partial charge on any atom is -0.457 e. The van der Waals surface area contributed by atoms with E-state index in [0.29, 0.717) is 11.5 Å². The second-order valence-corrected chi connectivity index (χ2v) is 9.37. The van der Waals surface area contributed by atoms with E-state index in [0.717, 1.165) is 11.4 Å². The van der Waals surface area contributed by atoms with Gasteiger partial charge in [-0.25, -0.2) is 0 Å². The molecule has 0 aliphatic carbocycles. The van der Waals surface area contributed by atoms with Crippen LogP contribution in [-0.2, 0) is 0 Å². The summed E-state index contributed by atoms with van der Waals surface area (Å²) in [6.45, 7) is 1.03. The first-order chi connectivity index (χ1) is 16.8. The Balaban J connectivity index is 2.09. The molecule has 0 saturated heterocycles. The maximum atomic E-state index is 9.95. The number of rotatable bonds is 16. The van der Waals surface area contributed by atoms with E-state index >= 15 is 0 Å². The highest BCUT2D eigenvalue weighted by Crippen LogP contribution is 2.27. The molecule has 35 heavy (non-hydrogen) atoms. The molecule has 0 saturated carbocycles. The van der Waals surface area contributed by atoms with Crippen molar-refractivity contribution >= 4 is 57.8 Å². The van der Waals surface area contributed by atoms with Gasteiger partial charge in [-0.05, 0) is 48.5 Å². The Labute approximate surface area is 226 Å². The third-order valence-corrected chi connectivity index (χ3v) is 6.50. The molecule has 0 spiro atoms. The first-order valence-electron chi connectivity index (χ1n) is 11.1. The first-order valence-corrected chi connectivity index (χ1v) is 13.3. The van der Waals surface area contributed by atoms with E-state index in [-0.39, 0.29) is 49.7 Å². The van der Waals surface area contributed by atoms with Crippen LogP contribution < -0.4 is 14.5 Å². The summed E-state index contributed by atoms with van der Waals surface area (Å²) in [5, 5.41) is 39.8. The maximum Gasteiger partial charge on any atom is 0.127 e. The van der Waals surface area contributed by atoms with Crippen LogP contribution in [0.4, 0.5) is 11.4 Å². The van der Waals surface area contributed by atoms with Crippen molar-refractivity contribution in [1.29, 1.82) is 0 Å². The summed E-state index contributed by atoms with van der Waals surface area (Å²) in [6.07, 6.45) is -2.98. The van der Waals surface area contributed by atoms with Crippen LogP contribution in [0.25, 0.3) is 0 Å². The molecule has 0 aliphatic rings. The summed E-state index contributed by atoms with van der Waals surface area (Å²) in [5.41, 5.74) is 1.57. The maximum absolute atomic E-state index is 9.95. The predicted octanol–water partition coefficient (Wildman–Crippen LogP) is 3.49. The van der Waals surface area contributed by atoms with E-state index in [1.165, 1.54) is 0 Å². The van der Waals surface area contributed by atoms with Crippen LogP contribution in [0.2, 0.25) is 0 Å². The monoisotopic (exact) mass is 568 g/mol. The predicted molar refractivity (Wildman–Crippen MR) is 144 cm³/mol. The van der Waals surface area contributed by atoms with Gasteiger partial charge in [0, 0.05) is 37.6 Å². The Morgan fingerprint density at radius 3 is 1.00 bits per heavy atom. The summed E-state index contributed by atoms with van der Waals surface area (Å²) in [4.78, 5) is 3.63. The minimum atomic E-state index is -0.746. The van der Waals surface area contributed by atoms with Gasteiger partial charge in [0.1, 0.15) is 11.5 Å². The number of aliphatic hydroxyl groups is 4. The Morgan fingerprint density at radius 1 is 0.514 bits per heavy atom. The van der Waals surface area contributed by atoms with Crippen molar-refractivity contribution in [2.75, 3.05) is 59.5 Å². The molecule has 2 aromatic rings. The third-order valence-electron chi connectivity index (χ3n) is 5.08. The van der Waals surface area contributed by atoms with Crippen molar-refractivity contribution in [2.24, 2.45) is 0 Å². The van der Waals surface area contributed by atoms with E-state index in [2.05, 4.69) is 0 Å². The molecule has 0 heterocycles. The average molecular weight is 570 g/mol. The van der Waals surface area contributed by atoms with Gasteiger partial charge in [-0.2, -0.15) is 0 Å². The van der Waals surface area contributed by atoms with Crippen molar-refractivity contribution in [3.8, 4) is 11.5 Å². The van der Waals surface area contributed by atoms with Gasteiger partial charge in [-0.1, -0.05) is 0 Å². The zero-order chi connectivity index (χ0) is 25.8. The van der Waals surface area contributed by atoms with Crippen molar-refractivity contribution in [3.63, 3.8) is 0 Å². The van der Waals surface area contributed by atoms with Gasteiger partial charge < -0.3 is 35.0 Å². The fourth-order valence-electron chi connectivity index (χ4n) is 3.37. The molecule has 4 atom stereocenters. The molecule has 2 aromatic carbocycles. The highest BCUT2D eigenvalue weighted by Gasteiger charge is 2.17. The average Bonchev–Trinajstić information content (AvgIpc) is 2.88. The van der Waals surface area contributed by atoms with Crippen LogP contribution in [0.1, 0.15) is 0 Å². The lowest BCUT2D eigenvalue weighted by atomic mass is 10.2. The van der Waals surface area contributed by atoms with Crippen LogP contribution in [-0.4, -0.2) is 94.5 Å². The highest BCUT2D eigenvalue weighted by molar-refractivity contribution is 6.18. The van der Waals surface area contributed by atoms with Crippen molar-refractivity contribution in [3.05, 3.63) is 48.5 Å². The second-order valence-electron chi connectivity index (χ2n) is 8.13. The molecule has 196 valence electrons. The number of nitrogens with zero attached hydrogens (tertiary/aromatic N) is 2. The molecule has 0 aliphatic heterocycles. The summed E-state index contributed by atoms with van der Waals surface area (Å²) in [5.74, 6) is 1.53. The molecule has 11 heteroatoms. The zero-order valence-corrected chi connectivity index (χ0v) is 22.2. The molecular formula is C24H32Cl4N2O5. The van der Waals surface area contributed by atoms with Crippen LogP contribution in [0, 0.1) is 0 Å². The van der Waals surface area contributed by atoms with E-state index in [4.69, 9.17) is 51.1 Å². The molecular weight excluding hydrogens is 538 g/mol. The zero-order valence-electron chi connectivity index (χ0n) is 19.2. The molecule has 7 nitrogen and oxygen atoms in total. The highest BCUT2D eigenvalue weighted by atomic mass is 35.5. The van der Waals surface area contributed by atoms with E-state index in [1.807, 2.05) is 34.1 Å². The van der Waals surface area contributed by atoms with Crippen molar-refractivity contribution < 1.29 is 25.2 Å². The number of benzene rings is 2. The molecule has 0 fully saturated rings. The molecule has 0 amide bonds. The Kier molecular flexibility index (Phi) is 13.6. The van der Waals surface area contributed by atoms with Gasteiger partial charge in [0.25, 0.3) is 0 Å². The topological polar surface area (TPSA) is 96.6 Å². The summed E-state index contributed by atoms with van der Waals surface area (Å²) in [7, 11) is 0. The van der Waals surface area contributed by atoms with Gasteiger partial charge in [0.2, 0.25) is 0 Å². The van der Waals surface area contributed by atoms with Crippen molar-refractivity contribution in [2.45, 2.75) is 24.4 Å². The number of ether oxygens (including phenoxy) is 1. The largest absolute Gasteiger partial charge is 0.457 e. The molecule has 4 N–H and O–H groups in total. The smallest absolute Gasteiger partial charge is 0.127 e. The molecule has 0 aromatic heterocycles. The normalized spacial score (nSPS) is 14.7. The summed E-state index contributed by atoms with van der Waals surface area (Å²) >= 11 is 23.0. The fourth-order valence-corrected chi connectivity index (χ4v) is 3.76. The van der Waals surface area contributed by atoms with Crippen LogP contribution >= 0.6 is 46.4 Å². The van der Waals surface area contributed by atoms with Gasteiger partial charge in [-0.3, -0.25) is 0 Å². The number of halogens is 4. The standard InChI is InChI=1S/C24H32Cl4N2O5/c25-9-19(31)13-29(14-20(32)10-26)17-1-5-23(6-2-17)35-24-7-3-18(4-8-24)30(15-21(33)11-27)16-22(34)12-28/h1-8,19-22,31-34H,9-16H2. The summed E-state index contributed by atoms with van der Waals surface area (Å²) in [6, 6.07) is 14.5. The SMILES string of the molecule is OC(CCl)CN(CC(O)CCl)c1ccc(Oc2ccc(N(CC(O)CCl)CC(O)CCl)cc2)cc1. The number of anilines is 2. The quantitative estimate of drug-likeness (QED) is 0.230.